The summed E-state index contributed by atoms with van der Waals surface area (Å²) >= 11 is 3.40. The van der Waals surface area contributed by atoms with E-state index in [1.54, 1.807) is 6.92 Å². The number of carbonyl (C=O) groups is 1. The molecule has 1 aromatic rings. The van der Waals surface area contributed by atoms with Crippen LogP contribution in [0.2, 0.25) is 0 Å². The van der Waals surface area contributed by atoms with Crippen molar-refractivity contribution in [3.05, 3.63) is 14.1 Å². The van der Waals surface area contributed by atoms with Crippen molar-refractivity contribution in [2.45, 2.75) is 6.92 Å². The Kier molecular flexibility index (Phi) is 3.25. The van der Waals surface area contributed by atoms with Crippen LogP contribution in [0.15, 0.2) is 6.20 Å². The molecule has 1 aromatic heterocycles. The molecule has 0 aliphatic rings. The molecule has 1 rings (SSSR count). The van der Waals surface area contributed by atoms with Gasteiger partial charge in [0.05, 0.1) is 12.8 Å². The second kappa shape index (κ2) is 4.01. The van der Waals surface area contributed by atoms with Gasteiger partial charge in [-0.15, -0.1) is 11.3 Å². The SMILES string of the molecule is CCOC(=O)c1cnc(I)s1. The number of carbonyl (C=O) groups excluding carboxylic acids is 1. The summed E-state index contributed by atoms with van der Waals surface area (Å²) in [7, 11) is 0. The fourth-order valence-electron chi connectivity index (χ4n) is 0.549. The first-order valence-corrected chi connectivity index (χ1v) is 4.92. The second-order valence-corrected chi connectivity index (χ2v) is 4.48. The van der Waals surface area contributed by atoms with E-state index in [1.165, 1.54) is 17.5 Å². The average molecular weight is 283 g/mol. The molecular formula is C6H6INO2S. The number of thiazole rings is 1. The molecule has 0 unspecified atom stereocenters. The number of ether oxygens (including phenoxy) is 1. The van der Waals surface area contributed by atoms with E-state index >= 15 is 0 Å². The molecule has 0 saturated heterocycles. The summed E-state index contributed by atoms with van der Waals surface area (Å²) in [5, 5.41) is 0. The Hall–Kier alpha value is -0.170. The quantitative estimate of drug-likeness (QED) is 0.615. The normalized spacial score (nSPS) is 9.64. The van der Waals surface area contributed by atoms with E-state index in [-0.39, 0.29) is 5.97 Å². The van der Waals surface area contributed by atoms with E-state index in [0.29, 0.717) is 11.5 Å². The van der Waals surface area contributed by atoms with Crippen LogP contribution >= 0.6 is 33.9 Å². The van der Waals surface area contributed by atoms with E-state index in [1.807, 2.05) is 0 Å². The molecule has 0 aliphatic heterocycles. The van der Waals surface area contributed by atoms with Crippen LogP contribution in [0, 0.1) is 3.01 Å². The van der Waals surface area contributed by atoms with Gasteiger partial charge < -0.3 is 4.74 Å². The molecule has 11 heavy (non-hydrogen) atoms. The maximum absolute atomic E-state index is 11.0. The van der Waals surface area contributed by atoms with Crippen LogP contribution < -0.4 is 0 Å². The first-order valence-electron chi connectivity index (χ1n) is 3.02. The van der Waals surface area contributed by atoms with Crippen LogP contribution in [0.25, 0.3) is 0 Å². The Balaban J connectivity index is 2.69. The van der Waals surface area contributed by atoms with Crippen molar-refractivity contribution in [3.8, 4) is 0 Å². The molecular weight excluding hydrogens is 277 g/mol. The van der Waals surface area contributed by atoms with Crippen molar-refractivity contribution in [1.82, 2.24) is 4.98 Å². The van der Waals surface area contributed by atoms with Crippen LogP contribution in [0.1, 0.15) is 16.6 Å². The smallest absolute Gasteiger partial charge is 0.349 e. The summed E-state index contributed by atoms with van der Waals surface area (Å²) in [5.74, 6) is -0.284. The van der Waals surface area contributed by atoms with Crippen LogP contribution in [0.5, 0.6) is 0 Å². The lowest BCUT2D eigenvalue weighted by atomic mass is 10.6. The molecule has 0 aromatic carbocycles. The number of nitrogens with zero attached hydrogens (tertiary/aromatic N) is 1. The molecule has 0 N–H and O–H groups in total. The van der Waals surface area contributed by atoms with Gasteiger partial charge in [-0.2, -0.15) is 0 Å². The molecule has 0 radical (unpaired) electrons. The Labute approximate surface area is 81.9 Å². The van der Waals surface area contributed by atoms with Crippen LogP contribution in [0.3, 0.4) is 0 Å². The molecule has 5 heteroatoms. The van der Waals surface area contributed by atoms with Crippen LogP contribution in [-0.4, -0.2) is 17.6 Å². The third kappa shape index (κ3) is 2.41. The number of hydrogen-bond donors (Lipinski definition) is 0. The highest BCUT2D eigenvalue weighted by molar-refractivity contribution is 14.1. The number of aromatic nitrogens is 1. The van der Waals surface area contributed by atoms with Crippen molar-refractivity contribution >= 4 is 39.9 Å². The first-order chi connectivity index (χ1) is 5.24. The standard InChI is InChI=1S/C6H6INO2S/c1-2-10-5(9)4-3-8-6(7)11-4/h3H,2H2,1H3. The van der Waals surface area contributed by atoms with Gasteiger partial charge in [-0.3, -0.25) is 0 Å². The largest absolute Gasteiger partial charge is 0.462 e. The zero-order valence-electron chi connectivity index (χ0n) is 5.83. The summed E-state index contributed by atoms with van der Waals surface area (Å²) in [4.78, 5) is 15.5. The zero-order valence-corrected chi connectivity index (χ0v) is 8.81. The minimum atomic E-state index is -0.284. The summed E-state index contributed by atoms with van der Waals surface area (Å²) in [6.07, 6.45) is 1.53. The van der Waals surface area contributed by atoms with Gasteiger partial charge >= 0.3 is 5.97 Å². The van der Waals surface area contributed by atoms with Crippen molar-refractivity contribution in [1.29, 1.82) is 0 Å². The van der Waals surface area contributed by atoms with Crippen molar-refractivity contribution < 1.29 is 9.53 Å². The lowest BCUT2D eigenvalue weighted by Crippen LogP contribution is -2.01. The maximum atomic E-state index is 11.0. The predicted octanol–water partition coefficient (Wildman–Crippen LogP) is 1.92. The Bertz CT molecular complexity index is 261. The third-order valence-electron chi connectivity index (χ3n) is 0.954. The molecule has 0 amide bonds. The Morgan fingerprint density at radius 2 is 2.64 bits per heavy atom. The number of hydrogen-bond acceptors (Lipinski definition) is 4. The zero-order chi connectivity index (χ0) is 8.27. The van der Waals surface area contributed by atoms with E-state index in [2.05, 4.69) is 27.6 Å². The molecule has 0 bridgehead atoms. The lowest BCUT2D eigenvalue weighted by Gasteiger charge is -1.95. The van der Waals surface area contributed by atoms with E-state index in [0.717, 1.165) is 3.01 Å². The van der Waals surface area contributed by atoms with Gasteiger partial charge in [-0.25, -0.2) is 9.78 Å². The van der Waals surface area contributed by atoms with E-state index in [4.69, 9.17) is 4.74 Å². The molecule has 0 atom stereocenters. The summed E-state index contributed by atoms with van der Waals surface area (Å²) in [6, 6.07) is 0. The van der Waals surface area contributed by atoms with Crippen LogP contribution in [0.4, 0.5) is 0 Å². The molecule has 3 nitrogen and oxygen atoms in total. The Morgan fingerprint density at radius 1 is 1.91 bits per heavy atom. The first kappa shape index (κ1) is 8.92. The Morgan fingerprint density at radius 3 is 3.09 bits per heavy atom. The minimum Gasteiger partial charge on any atom is -0.462 e. The second-order valence-electron chi connectivity index (χ2n) is 1.70. The number of rotatable bonds is 2. The van der Waals surface area contributed by atoms with Gasteiger partial charge in [0.2, 0.25) is 0 Å². The topological polar surface area (TPSA) is 39.2 Å². The highest BCUT2D eigenvalue weighted by Gasteiger charge is 2.09. The average Bonchev–Trinajstić information content (AvgIpc) is 2.36. The molecule has 0 fully saturated rings. The maximum Gasteiger partial charge on any atom is 0.349 e. The molecule has 0 saturated carbocycles. The highest BCUT2D eigenvalue weighted by Crippen LogP contribution is 2.15. The molecule has 0 spiro atoms. The number of halogens is 1. The predicted molar refractivity (Wildman–Crippen MR) is 50.8 cm³/mol. The highest BCUT2D eigenvalue weighted by atomic mass is 127. The van der Waals surface area contributed by atoms with Gasteiger partial charge in [0.15, 0.2) is 3.01 Å². The molecule has 60 valence electrons. The van der Waals surface area contributed by atoms with E-state index in [9.17, 15) is 4.79 Å². The lowest BCUT2D eigenvalue weighted by molar-refractivity contribution is 0.0532. The van der Waals surface area contributed by atoms with Crippen molar-refractivity contribution in [3.63, 3.8) is 0 Å². The van der Waals surface area contributed by atoms with Crippen molar-refractivity contribution in [2.24, 2.45) is 0 Å². The summed E-state index contributed by atoms with van der Waals surface area (Å²) in [6.45, 7) is 2.19. The van der Waals surface area contributed by atoms with Crippen molar-refractivity contribution in [2.75, 3.05) is 6.61 Å². The molecule has 0 aliphatic carbocycles. The third-order valence-corrected chi connectivity index (χ3v) is 2.66. The molecule has 1 heterocycles. The van der Waals surface area contributed by atoms with Gasteiger partial charge in [-0.05, 0) is 29.5 Å². The van der Waals surface area contributed by atoms with Crippen LogP contribution in [-0.2, 0) is 4.74 Å². The van der Waals surface area contributed by atoms with Gasteiger partial charge in [0.25, 0.3) is 0 Å². The summed E-state index contributed by atoms with van der Waals surface area (Å²) < 4.78 is 5.62. The van der Waals surface area contributed by atoms with Gasteiger partial charge in [0, 0.05) is 0 Å². The number of esters is 1. The fourth-order valence-corrected chi connectivity index (χ4v) is 1.93. The van der Waals surface area contributed by atoms with E-state index < -0.39 is 0 Å². The monoisotopic (exact) mass is 283 g/mol. The van der Waals surface area contributed by atoms with Gasteiger partial charge in [-0.1, -0.05) is 0 Å². The van der Waals surface area contributed by atoms with Gasteiger partial charge in [0.1, 0.15) is 4.88 Å². The fraction of sp³-hybridized carbons (Fsp3) is 0.333. The summed E-state index contributed by atoms with van der Waals surface area (Å²) in [5.41, 5.74) is 0. The minimum absolute atomic E-state index is 0.284.